The summed E-state index contributed by atoms with van der Waals surface area (Å²) in [6.45, 7) is 2.26. The van der Waals surface area contributed by atoms with E-state index in [0.29, 0.717) is 11.6 Å². The third-order valence-corrected chi connectivity index (χ3v) is 5.41. The summed E-state index contributed by atoms with van der Waals surface area (Å²) in [4.78, 5) is 3.85. The molecule has 0 aliphatic carbocycles. The SMILES string of the molecule is CCN(Cc1ccccc1Cl)S(=O)(=O)c1cccnc1N. The van der Waals surface area contributed by atoms with Gasteiger partial charge in [0.1, 0.15) is 10.7 Å². The average molecular weight is 326 g/mol. The molecule has 1 aromatic carbocycles. The minimum absolute atomic E-state index is 0.00453. The topological polar surface area (TPSA) is 76.3 Å². The maximum absolute atomic E-state index is 12.7. The van der Waals surface area contributed by atoms with Crippen molar-refractivity contribution in [1.29, 1.82) is 0 Å². The largest absolute Gasteiger partial charge is 0.383 e. The molecule has 0 bridgehead atoms. The molecule has 0 amide bonds. The molecular formula is C14H16ClN3O2S. The summed E-state index contributed by atoms with van der Waals surface area (Å²) in [5.74, 6) is -0.00453. The van der Waals surface area contributed by atoms with E-state index in [1.807, 2.05) is 6.07 Å². The van der Waals surface area contributed by atoms with E-state index in [1.54, 1.807) is 31.2 Å². The van der Waals surface area contributed by atoms with Crippen molar-refractivity contribution < 1.29 is 8.42 Å². The first-order valence-corrected chi connectivity index (χ1v) is 8.22. The average Bonchev–Trinajstić information content (AvgIpc) is 2.46. The van der Waals surface area contributed by atoms with Crippen molar-refractivity contribution in [2.75, 3.05) is 12.3 Å². The van der Waals surface area contributed by atoms with Crippen LogP contribution in [-0.4, -0.2) is 24.3 Å². The summed E-state index contributed by atoms with van der Waals surface area (Å²) in [6, 6.07) is 10.2. The van der Waals surface area contributed by atoms with Crippen molar-refractivity contribution in [3.05, 3.63) is 53.2 Å². The summed E-state index contributed by atoms with van der Waals surface area (Å²) in [7, 11) is -3.71. The van der Waals surface area contributed by atoms with Gasteiger partial charge in [0.15, 0.2) is 0 Å². The number of nitrogen functional groups attached to an aromatic ring is 1. The molecule has 0 radical (unpaired) electrons. The van der Waals surface area contributed by atoms with E-state index in [4.69, 9.17) is 17.3 Å². The van der Waals surface area contributed by atoms with E-state index < -0.39 is 10.0 Å². The van der Waals surface area contributed by atoms with Crippen molar-refractivity contribution in [3.8, 4) is 0 Å². The molecule has 5 nitrogen and oxygen atoms in total. The van der Waals surface area contributed by atoms with E-state index in [1.165, 1.54) is 16.6 Å². The molecule has 0 saturated heterocycles. The molecule has 2 rings (SSSR count). The summed E-state index contributed by atoms with van der Waals surface area (Å²) < 4.78 is 26.6. The van der Waals surface area contributed by atoms with Gasteiger partial charge in [0.05, 0.1) is 0 Å². The fourth-order valence-electron chi connectivity index (χ4n) is 1.94. The second kappa shape index (κ2) is 6.43. The molecule has 7 heteroatoms. The van der Waals surface area contributed by atoms with Crippen LogP contribution in [-0.2, 0) is 16.6 Å². The first-order chi connectivity index (χ1) is 9.96. The van der Waals surface area contributed by atoms with Gasteiger partial charge >= 0.3 is 0 Å². The molecule has 2 aromatic rings. The quantitative estimate of drug-likeness (QED) is 0.916. The summed E-state index contributed by atoms with van der Waals surface area (Å²) in [5.41, 5.74) is 6.42. The van der Waals surface area contributed by atoms with Crippen LogP contribution in [0, 0.1) is 0 Å². The lowest BCUT2D eigenvalue weighted by atomic mass is 10.2. The van der Waals surface area contributed by atoms with E-state index in [9.17, 15) is 8.42 Å². The lowest BCUT2D eigenvalue weighted by Gasteiger charge is -2.21. The van der Waals surface area contributed by atoms with Crippen molar-refractivity contribution in [2.24, 2.45) is 0 Å². The Morgan fingerprint density at radius 1 is 1.24 bits per heavy atom. The summed E-state index contributed by atoms with van der Waals surface area (Å²) in [6.07, 6.45) is 1.46. The van der Waals surface area contributed by atoms with Crippen LogP contribution in [0.4, 0.5) is 5.82 Å². The van der Waals surface area contributed by atoms with Crippen LogP contribution < -0.4 is 5.73 Å². The molecule has 1 aromatic heterocycles. The Hall–Kier alpha value is -1.63. The number of nitrogens with two attached hydrogens (primary N) is 1. The Labute approximate surface area is 129 Å². The van der Waals surface area contributed by atoms with Gasteiger partial charge in [-0.1, -0.05) is 36.7 Å². The lowest BCUT2D eigenvalue weighted by molar-refractivity contribution is 0.423. The van der Waals surface area contributed by atoms with Gasteiger partial charge in [0, 0.05) is 24.3 Å². The first-order valence-electron chi connectivity index (χ1n) is 6.41. The number of sulfonamides is 1. The number of halogens is 1. The predicted molar refractivity (Wildman–Crippen MR) is 83.4 cm³/mol. The normalized spacial score (nSPS) is 11.8. The molecule has 1 heterocycles. The van der Waals surface area contributed by atoms with Crippen LogP contribution in [0.15, 0.2) is 47.5 Å². The van der Waals surface area contributed by atoms with Crippen LogP contribution in [0.3, 0.4) is 0 Å². The molecule has 0 atom stereocenters. The zero-order valence-corrected chi connectivity index (χ0v) is 13.1. The van der Waals surface area contributed by atoms with E-state index in [0.717, 1.165) is 5.56 Å². The highest BCUT2D eigenvalue weighted by Crippen LogP contribution is 2.24. The standard InChI is InChI=1S/C14H16ClN3O2S/c1-2-18(10-11-6-3-4-7-12(11)15)21(19,20)13-8-5-9-17-14(13)16/h3-9H,2,10H2,1H3,(H2,16,17). The molecule has 21 heavy (non-hydrogen) atoms. The minimum atomic E-state index is -3.71. The van der Waals surface area contributed by atoms with Crippen molar-refractivity contribution in [3.63, 3.8) is 0 Å². The molecule has 0 unspecified atom stereocenters. The Morgan fingerprint density at radius 3 is 2.57 bits per heavy atom. The van der Waals surface area contributed by atoms with Gasteiger partial charge in [0.2, 0.25) is 10.0 Å². The summed E-state index contributed by atoms with van der Waals surface area (Å²) >= 11 is 6.09. The highest BCUT2D eigenvalue weighted by Gasteiger charge is 2.26. The van der Waals surface area contributed by atoms with Crippen molar-refractivity contribution in [1.82, 2.24) is 9.29 Å². The van der Waals surface area contributed by atoms with Gasteiger partial charge in [-0.05, 0) is 23.8 Å². The molecular weight excluding hydrogens is 310 g/mol. The second-order valence-electron chi connectivity index (χ2n) is 4.41. The Bertz CT molecular complexity index is 735. The van der Waals surface area contributed by atoms with Crippen LogP contribution in [0.2, 0.25) is 5.02 Å². The third kappa shape index (κ3) is 3.34. The first kappa shape index (κ1) is 15.8. The van der Waals surface area contributed by atoms with Gasteiger partial charge in [0.25, 0.3) is 0 Å². The molecule has 0 aliphatic heterocycles. The zero-order valence-electron chi connectivity index (χ0n) is 11.5. The van der Waals surface area contributed by atoms with Gasteiger partial charge in [-0.15, -0.1) is 0 Å². The second-order valence-corrected chi connectivity index (χ2v) is 6.72. The third-order valence-electron chi connectivity index (χ3n) is 3.07. The zero-order chi connectivity index (χ0) is 15.5. The fraction of sp³-hybridized carbons (Fsp3) is 0.214. The molecule has 0 saturated carbocycles. The Morgan fingerprint density at radius 2 is 1.95 bits per heavy atom. The molecule has 2 N–H and O–H groups in total. The Kier molecular flexibility index (Phi) is 4.82. The van der Waals surface area contributed by atoms with Crippen LogP contribution in [0.5, 0.6) is 0 Å². The number of nitrogens with zero attached hydrogens (tertiary/aromatic N) is 2. The minimum Gasteiger partial charge on any atom is -0.383 e. The van der Waals surface area contributed by atoms with E-state index >= 15 is 0 Å². The van der Waals surface area contributed by atoms with Crippen molar-refractivity contribution >= 4 is 27.4 Å². The highest BCUT2D eigenvalue weighted by atomic mass is 35.5. The number of pyridine rings is 1. The smallest absolute Gasteiger partial charge is 0.247 e. The van der Waals surface area contributed by atoms with Crippen LogP contribution >= 0.6 is 11.6 Å². The van der Waals surface area contributed by atoms with Gasteiger partial charge in [-0.2, -0.15) is 4.31 Å². The molecule has 112 valence electrons. The number of anilines is 1. The number of hydrogen-bond acceptors (Lipinski definition) is 4. The number of aromatic nitrogens is 1. The van der Waals surface area contributed by atoms with Gasteiger partial charge < -0.3 is 5.73 Å². The van der Waals surface area contributed by atoms with Gasteiger partial charge in [-0.25, -0.2) is 13.4 Å². The van der Waals surface area contributed by atoms with Crippen LogP contribution in [0.1, 0.15) is 12.5 Å². The Balaban J connectivity index is 2.37. The molecule has 0 aliphatic rings. The predicted octanol–water partition coefficient (Wildman–Crippen LogP) is 2.53. The summed E-state index contributed by atoms with van der Waals surface area (Å²) in [5, 5.41) is 0.533. The maximum atomic E-state index is 12.7. The number of hydrogen-bond donors (Lipinski definition) is 1. The monoisotopic (exact) mass is 325 g/mol. The number of benzene rings is 1. The number of rotatable bonds is 5. The van der Waals surface area contributed by atoms with E-state index in [2.05, 4.69) is 4.98 Å². The van der Waals surface area contributed by atoms with E-state index in [-0.39, 0.29) is 17.3 Å². The maximum Gasteiger partial charge on any atom is 0.247 e. The van der Waals surface area contributed by atoms with Crippen LogP contribution in [0.25, 0.3) is 0 Å². The van der Waals surface area contributed by atoms with Gasteiger partial charge in [-0.3, -0.25) is 0 Å². The fourth-order valence-corrected chi connectivity index (χ4v) is 3.63. The molecule has 0 fully saturated rings. The lowest BCUT2D eigenvalue weighted by Crippen LogP contribution is -2.31. The van der Waals surface area contributed by atoms with Crippen molar-refractivity contribution in [2.45, 2.75) is 18.4 Å². The highest BCUT2D eigenvalue weighted by molar-refractivity contribution is 7.89. The molecule has 0 spiro atoms.